The zero-order valence-corrected chi connectivity index (χ0v) is 11.8. The van der Waals surface area contributed by atoms with Crippen LogP contribution in [0.2, 0.25) is 0 Å². The van der Waals surface area contributed by atoms with Crippen molar-refractivity contribution < 1.29 is 15.0 Å². The van der Waals surface area contributed by atoms with Crippen LogP contribution in [0.3, 0.4) is 0 Å². The molecule has 2 rings (SSSR count). The van der Waals surface area contributed by atoms with Crippen LogP contribution in [-0.4, -0.2) is 47.2 Å². The molecule has 1 aliphatic heterocycles. The van der Waals surface area contributed by atoms with Crippen LogP contribution < -0.4 is 5.32 Å². The Kier molecular flexibility index (Phi) is 4.84. The number of nitrogens with one attached hydrogen (secondary N) is 1. The summed E-state index contributed by atoms with van der Waals surface area (Å²) in [6.07, 6.45) is 4.08. The van der Waals surface area contributed by atoms with E-state index < -0.39 is 0 Å². The van der Waals surface area contributed by atoms with Crippen LogP contribution in [0.15, 0.2) is 18.2 Å². The number of phenols is 2. The van der Waals surface area contributed by atoms with Crippen molar-refractivity contribution in [2.75, 3.05) is 20.1 Å². The summed E-state index contributed by atoms with van der Waals surface area (Å²) >= 11 is 0. The number of piperidine rings is 1. The molecule has 1 aromatic rings. The summed E-state index contributed by atoms with van der Waals surface area (Å²) in [6, 6.07) is 4.27. The highest BCUT2D eigenvalue weighted by molar-refractivity contribution is 5.95. The Morgan fingerprint density at radius 2 is 2.00 bits per heavy atom. The molecule has 1 amide bonds. The van der Waals surface area contributed by atoms with Gasteiger partial charge in [0.15, 0.2) is 0 Å². The lowest BCUT2D eigenvalue weighted by atomic mass is 9.98. The lowest BCUT2D eigenvalue weighted by Gasteiger charge is -2.36. The number of aromatic hydroxyl groups is 2. The molecule has 0 bridgehead atoms. The van der Waals surface area contributed by atoms with E-state index in [4.69, 9.17) is 0 Å². The number of carbonyl (C=O) groups is 1. The molecular weight excluding hydrogens is 256 g/mol. The molecule has 1 aliphatic rings. The van der Waals surface area contributed by atoms with E-state index in [1.165, 1.54) is 18.2 Å². The van der Waals surface area contributed by atoms with Gasteiger partial charge in [0.05, 0.1) is 0 Å². The summed E-state index contributed by atoms with van der Waals surface area (Å²) in [6.45, 7) is 1.61. The van der Waals surface area contributed by atoms with Crippen molar-refractivity contribution in [2.45, 2.75) is 31.7 Å². The molecule has 1 saturated heterocycles. The van der Waals surface area contributed by atoms with E-state index >= 15 is 0 Å². The third-order valence-corrected chi connectivity index (χ3v) is 3.77. The fourth-order valence-electron chi connectivity index (χ4n) is 2.76. The number of hydrogen-bond donors (Lipinski definition) is 3. The average Bonchev–Trinajstić information content (AvgIpc) is 2.43. The molecule has 0 aliphatic carbocycles. The monoisotopic (exact) mass is 278 g/mol. The molecule has 3 N–H and O–H groups in total. The Labute approximate surface area is 119 Å². The van der Waals surface area contributed by atoms with Crippen molar-refractivity contribution in [3.63, 3.8) is 0 Å². The van der Waals surface area contributed by atoms with Crippen molar-refractivity contribution in [3.05, 3.63) is 23.8 Å². The van der Waals surface area contributed by atoms with Crippen LogP contribution in [0.4, 0.5) is 0 Å². The lowest BCUT2D eigenvalue weighted by Crippen LogP contribution is -2.44. The predicted molar refractivity (Wildman–Crippen MR) is 77.0 cm³/mol. The van der Waals surface area contributed by atoms with Crippen molar-refractivity contribution in [3.8, 4) is 11.5 Å². The third kappa shape index (κ3) is 3.42. The van der Waals surface area contributed by atoms with Gasteiger partial charge in [-0.15, -0.1) is 0 Å². The fourth-order valence-corrected chi connectivity index (χ4v) is 2.76. The maximum atomic E-state index is 12.6. The van der Waals surface area contributed by atoms with Crippen molar-refractivity contribution in [1.82, 2.24) is 10.2 Å². The number of carbonyl (C=O) groups excluding carboxylic acids is 1. The number of benzene rings is 1. The standard InChI is InChI=1S/C15H22N2O3/c1-16-6-5-12-4-2-3-7-17(12)15(20)11-8-13(18)10-14(19)9-11/h8-10,12,16,18-19H,2-7H2,1H3. The second-order valence-electron chi connectivity index (χ2n) is 5.28. The summed E-state index contributed by atoms with van der Waals surface area (Å²) in [4.78, 5) is 14.4. The second-order valence-corrected chi connectivity index (χ2v) is 5.28. The van der Waals surface area contributed by atoms with Crippen LogP contribution in [0.25, 0.3) is 0 Å². The fraction of sp³-hybridized carbons (Fsp3) is 0.533. The minimum atomic E-state index is -0.114. The summed E-state index contributed by atoms with van der Waals surface area (Å²) < 4.78 is 0. The molecule has 0 aromatic heterocycles. The van der Waals surface area contributed by atoms with Gasteiger partial charge in [0.25, 0.3) is 5.91 Å². The van der Waals surface area contributed by atoms with Gasteiger partial charge < -0.3 is 20.4 Å². The van der Waals surface area contributed by atoms with Crippen LogP contribution in [-0.2, 0) is 0 Å². The SMILES string of the molecule is CNCCC1CCCCN1C(=O)c1cc(O)cc(O)c1. The van der Waals surface area contributed by atoms with E-state index in [9.17, 15) is 15.0 Å². The Morgan fingerprint density at radius 3 is 2.65 bits per heavy atom. The highest BCUT2D eigenvalue weighted by atomic mass is 16.3. The summed E-state index contributed by atoms with van der Waals surface area (Å²) in [5.74, 6) is -0.286. The Morgan fingerprint density at radius 1 is 1.30 bits per heavy atom. The smallest absolute Gasteiger partial charge is 0.254 e. The molecule has 0 spiro atoms. The van der Waals surface area contributed by atoms with Gasteiger partial charge >= 0.3 is 0 Å². The molecule has 1 atom stereocenters. The number of nitrogens with zero attached hydrogens (tertiary/aromatic N) is 1. The van der Waals surface area contributed by atoms with Gasteiger partial charge in [-0.25, -0.2) is 0 Å². The zero-order chi connectivity index (χ0) is 14.5. The Hall–Kier alpha value is -1.75. The predicted octanol–water partition coefficient (Wildman–Crippen LogP) is 1.70. The van der Waals surface area contributed by atoms with Crippen molar-refractivity contribution >= 4 is 5.91 Å². The van der Waals surface area contributed by atoms with Gasteiger partial charge in [0.2, 0.25) is 0 Å². The maximum Gasteiger partial charge on any atom is 0.254 e. The number of rotatable bonds is 4. The van der Waals surface area contributed by atoms with E-state index in [2.05, 4.69) is 5.32 Å². The molecule has 20 heavy (non-hydrogen) atoms. The highest BCUT2D eigenvalue weighted by Gasteiger charge is 2.27. The molecule has 110 valence electrons. The number of hydrogen-bond acceptors (Lipinski definition) is 4. The summed E-state index contributed by atoms with van der Waals surface area (Å²) in [5, 5.41) is 22.1. The molecule has 1 fully saturated rings. The molecule has 0 saturated carbocycles. The lowest BCUT2D eigenvalue weighted by molar-refractivity contribution is 0.0601. The van der Waals surface area contributed by atoms with E-state index in [0.29, 0.717) is 5.56 Å². The number of amides is 1. The molecule has 0 radical (unpaired) electrons. The van der Waals surface area contributed by atoms with E-state index in [0.717, 1.165) is 38.8 Å². The van der Waals surface area contributed by atoms with Crippen LogP contribution in [0.1, 0.15) is 36.0 Å². The normalized spacial score (nSPS) is 19.1. The highest BCUT2D eigenvalue weighted by Crippen LogP contribution is 2.25. The van der Waals surface area contributed by atoms with Crippen molar-refractivity contribution in [1.29, 1.82) is 0 Å². The minimum absolute atomic E-state index is 0.0860. The number of phenolic OH excluding ortho intramolecular Hbond substituents is 2. The van der Waals surface area contributed by atoms with Crippen molar-refractivity contribution in [2.24, 2.45) is 0 Å². The van der Waals surface area contributed by atoms with Crippen LogP contribution in [0.5, 0.6) is 11.5 Å². The minimum Gasteiger partial charge on any atom is -0.508 e. The first kappa shape index (κ1) is 14.7. The quantitative estimate of drug-likeness (QED) is 0.784. The topological polar surface area (TPSA) is 72.8 Å². The Balaban J connectivity index is 2.16. The molecule has 5 nitrogen and oxygen atoms in total. The first-order valence-electron chi connectivity index (χ1n) is 7.10. The van der Waals surface area contributed by atoms with Gasteiger partial charge in [-0.1, -0.05) is 0 Å². The number of likely N-dealkylation sites (tertiary alicyclic amines) is 1. The zero-order valence-electron chi connectivity index (χ0n) is 11.8. The maximum absolute atomic E-state index is 12.6. The summed E-state index contributed by atoms with van der Waals surface area (Å²) in [5.41, 5.74) is 0.346. The van der Waals surface area contributed by atoms with Gasteiger partial charge in [0, 0.05) is 24.2 Å². The van der Waals surface area contributed by atoms with E-state index in [1.807, 2.05) is 11.9 Å². The van der Waals surface area contributed by atoms with Gasteiger partial charge in [-0.2, -0.15) is 0 Å². The van der Waals surface area contributed by atoms with E-state index in [-0.39, 0.29) is 23.4 Å². The second kappa shape index (κ2) is 6.61. The van der Waals surface area contributed by atoms with Gasteiger partial charge in [-0.05, 0) is 51.4 Å². The first-order chi connectivity index (χ1) is 9.61. The third-order valence-electron chi connectivity index (χ3n) is 3.77. The Bertz CT molecular complexity index is 456. The first-order valence-corrected chi connectivity index (χ1v) is 7.10. The summed E-state index contributed by atoms with van der Waals surface area (Å²) in [7, 11) is 1.91. The largest absolute Gasteiger partial charge is 0.508 e. The molecule has 1 heterocycles. The molecular formula is C15H22N2O3. The van der Waals surface area contributed by atoms with Gasteiger partial charge in [-0.3, -0.25) is 4.79 Å². The van der Waals surface area contributed by atoms with Crippen LogP contribution >= 0.6 is 0 Å². The molecule has 1 unspecified atom stereocenters. The average molecular weight is 278 g/mol. The van der Waals surface area contributed by atoms with Gasteiger partial charge in [0.1, 0.15) is 11.5 Å². The van der Waals surface area contributed by atoms with E-state index in [1.54, 1.807) is 0 Å². The molecule has 1 aromatic carbocycles. The van der Waals surface area contributed by atoms with Crippen LogP contribution in [0, 0.1) is 0 Å². The molecule has 5 heteroatoms.